The summed E-state index contributed by atoms with van der Waals surface area (Å²) >= 11 is 0. The Balaban J connectivity index is 2.46. The highest BCUT2D eigenvalue weighted by molar-refractivity contribution is 7.87. The van der Waals surface area contributed by atoms with Gasteiger partial charge >= 0.3 is 0 Å². The van der Waals surface area contributed by atoms with Crippen molar-refractivity contribution in [1.29, 1.82) is 0 Å². The first-order valence-electron chi connectivity index (χ1n) is 6.89. The van der Waals surface area contributed by atoms with Gasteiger partial charge in [0.05, 0.1) is 6.54 Å². The van der Waals surface area contributed by atoms with Crippen LogP contribution in [-0.2, 0) is 10.2 Å². The summed E-state index contributed by atoms with van der Waals surface area (Å²) in [6, 6.07) is -0.0517. The molecule has 0 aromatic carbocycles. The van der Waals surface area contributed by atoms with Crippen LogP contribution in [0.4, 0.5) is 0 Å². The summed E-state index contributed by atoms with van der Waals surface area (Å²) in [5.74, 6) is 0.173. The average Bonchev–Trinajstić information content (AvgIpc) is 2.41. The third kappa shape index (κ3) is 4.89. The molecule has 1 rings (SSSR count). The number of piperidine rings is 1. The molecule has 118 valence electrons. The van der Waals surface area contributed by atoms with Gasteiger partial charge in [0.25, 0.3) is 10.2 Å². The largest absolute Gasteiger partial charge is 0.409 e. The Hall–Kier alpha value is -0.900. The summed E-state index contributed by atoms with van der Waals surface area (Å²) in [6.07, 6.45) is 1.44. The number of nitrogens with one attached hydrogen (secondary N) is 1. The first kappa shape index (κ1) is 17.2. The Labute approximate surface area is 120 Å². The molecule has 0 aromatic heterocycles. The molecule has 1 aliphatic rings. The normalized spacial score (nSPS) is 19.6. The number of hydrogen-bond acceptors (Lipinski definition) is 5. The highest BCUT2D eigenvalue weighted by Gasteiger charge is 2.26. The predicted octanol–water partition coefficient (Wildman–Crippen LogP) is -0.627. The van der Waals surface area contributed by atoms with Crippen LogP contribution in [0.2, 0.25) is 0 Å². The second kappa shape index (κ2) is 7.77. The van der Waals surface area contributed by atoms with Crippen molar-refractivity contribution in [3.8, 4) is 0 Å². The van der Waals surface area contributed by atoms with E-state index < -0.39 is 10.2 Å². The van der Waals surface area contributed by atoms with Gasteiger partial charge in [-0.1, -0.05) is 19.0 Å². The molecule has 0 aliphatic carbocycles. The summed E-state index contributed by atoms with van der Waals surface area (Å²) < 4.78 is 28.3. The molecular weight excluding hydrogens is 282 g/mol. The molecule has 0 atom stereocenters. The number of nitrogens with zero attached hydrogens (tertiary/aromatic N) is 3. The van der Waals surface area contributed by atoms with Crippen molar-refractivity contribution < 1.29 is 13.6 Å². The molecule has 1 fully saturated rings. The summed E-state index contributed by atoms with van der Waals surface area (Å²) in [5, 5.41) is 11.5. The lowest BCUT2D eigenvalue weighted by molar-refractivity contribution is 0.226. The fourth-order valence-electron chi connectivity index (χ4n) is 2.32. The van der Waals surface area contributed by atoms with Crippen molar-refractivity contribution in [1.82, 2.24) is 13.9 Å². The maximum atomic E-state index is 12.1. The molecule has 0 radical (unpaired) electrons. The zero-order valence-electron chi connectivity index (χ0n) is 12.1. The lowest BCUT2D eigenvalue weighted by Gasteiger charge is -2.32. The SMILES string of the molecule is CCN(CC)S(=O)(=O)NC1CCN(CC(N)=NO)CC1. The molecule has 9 heteroatoms. The van der Waals surface area contributed by atoms with E-state index in [1.54, 1.807) is 0 Å². The van der Waals surface area contributed by atoms with E-state index in [0.717, 1.165) is 25.9 Å². The number of oxime groups is 1. The van der Waals surface area contributed by atoms with Crippen molar-refractivity contribution in [2.45, 2.75) is 32.7 Å². The number of hydrogen-bond donors (Lipinski definition) is 3. The molecule has 1 saturated heterocycles. The van der Waals surface area contributed by atoms with Crippen LogP contribution in [0, 0.1) is 0 Å². The van der Waals surface area contributed by atoms with E-state index >= 15 is 0 Å². The van der Waals surface area contributed by atoms with Crippen molar-refractivity contribution in [3.63, 3.8) is 0 Å². The Morgan fingerprint density at radius 1 is 1.40 bits per heavy atom. The zero-order valence-corrected chi connectivity index (χ0v) is 12.9. The minimum atomic E-state index is -3.39. The average molecular weight is 307 g/mol. The quantitative estimate of drug-likeness (QED) is 0.251. The monoisotopic (exact) mass is 307 g/mol. The van der Waals surface area contributed by atoms with Crippen molar-refractivity contribution in [3.05, 3.63) is 0 Å². The van der Waals surface area contributed by atoms with Crippen LogP contribution in [0.15, 0.2) is 5.16 Å². The fourth-order valence-corrected chi connectivity index (χ4v) is 3.80. The summed E-state index contributed by atoms with van der Waals surface area (Å²) in [7, 11) is -3.39. The van der Waals surface area contributed by atoms with Gasteiger partial charge in [-0.3, -0.25) is 4.90 Å². The third-order valence-electron chi connectivity index (χ3n) is 3.46. The van der Waals surface area contributed by atoms with Gasteiger partial charge in [-0.15, -0.1) is 0 Å². The smallest absolute Gasteiger partial charge is 0.279 e. The minimum absolute atomic E-state index is 0.0517. The molecule has 1 heterocycles. The van der Waals surface area contributed by atoms with E-state index in [0.29, 0.717) is 19.6 Å². The first-order chi connectivity index (χ1) is 9.42. The lowest BCUT2D eigenvalue weighted by atomic mass is 10.1. The van der Waals surface area contributed by atoms with Crippen LogP contribution >= 0.6 is 0 Å². The minimum Gasteiger partial charge on any atom is -0.409 e. The van der Waals surface area contributed by atoms with Crippen molar-refractivity contribution >= 4 is 16.0 Å². The molecule has 0 bridgehead atoms. The number of amidine groups is 1. The number of likely N-dealkylation sites (tertiary alicyclic amines) is 1. The van der Waals surface area contributed by atoms with E-state index in [2.05, 4.69) is 9.88 Å². The highest BCUT2D eigenvalue weighted by atomic mass is 32.2. The van der Waals surface area contributed by atoms with Crippen LogP contribution in [0.5, 0.6) is 0 Å². The fraction of sp³-hybridized carbons (Fsp3) is 0.909. The first-order valence-corrected chi connectivity index (χ1v) is 8.33. The standard InChI is InChI=1S/C11H25N5O3S/c1-3-16(4-2)20(18,19)14-10-5-7-15(8-6-10)9-11(12)13-17/h10,14,17H,3-9H2,1-2H3,(H2,12,13). The van der Waals surface area contributed by atoms with Gasteiger partial charge in [-0.05, 0) is 12.8 Å². The van der Waals surface area contributed by atoms with E-state index in [-0.39, 0.29) is 11.9 Å². The second-order valence-corrected chi connectivity index (χ2v) is 6.55. The van der Waals surface area contributed by atoms with Crippen LogP contribution in [0.25, 0.3) is 0 Å². The zero-order chi connectivity index (χ0) is 15.2. The maximum Gasteiger partial charge on any atom is 0.279 e. The van der Waals surface area contributed by atoms with Crippen LogP contribution in [0.1, 0.15) is 26.7 Å². The molecule has 0 amide bonds. The molecule has 1 aliphatic heterocycles. The van der Waals surface area contributed by atoms with E-state index in [1.807, 2.05) is 18.7 Å². The van der Waals surface area contributed by atoms with Gasteiger partial charge in [0, 0.05) is 32.2 Å². The summed E-state index contributed by atoms with van der Waals surface area (Å²) in [5.41, 5.74) is 5.46. The highest BCUT2D eigenvalue weighted by Crippen LogP contribution is 2.12. The van der Waals surface area contributed by atoms with Crippen LogP contribution < -0.4 is 10.5 Å². The van der Waals surface area contributed by atoms with E-state index in [9.17, 15) is 8.42 Å². The van der Waals surface area contributed by atoms with Gasteiger partial charge in [-0.2, -0.15) is 17.4 Å². The van der Waals surface area contributed by atoms with Crippen LogP contribution in [0.3, 0.4) is 0 Å². The molecule has 0 saturated carbocycles. The Bertz CT molecular complexity index is 414. The Morgan fingerprint density at radius 2 is 1.95 bits per heavy atom. The molecule has 0 unspecified atom stereocenters. The summed E-state index contributed by atoms with van der Waals surface area (Å²) in [6.45, 7) is 6.43. The molecule has 20 heavy (non-hydrogen) atoms. The molecular formula is C11H25N5O3S. The molecule has 0 aromatic rings. The van der Waals surface area contributed by atoms with Crippen molar-refractivity contribution in [2.24, 2.45) is 10.9 Å². The molecule has 8 nitrogen and oxygen atoms in total. The number of rotatable bonds is 7. The molecule has 4 N–H and O–H groups in total. The maximum absolute atomic E-state index is 12.1. The Morgan fingerprint density at radius 3 is 2.40 bits per heavy atom. The van der Waals surface area contributed by atoms with E-state index in [4.69, 9.17) is 10.9 Å². The third-order valence-corrected chi connectivity index (χ3v) is 5.29. The second-order valence-electron chi connectivity index (χ2n) is 4.85. The van der Waals surface area contributed by atoms with Gasteiger partial charge < -0.3 is 10.9 Å². The predicted molar refractivity (Wildman–Crippen MR) is 77.8 cm³/mol. The number of nitrogens with two attached hydrogens (primary N) is 1. The lowest BCUT2D eigenvalue weighted by Crippen LogP contribution is -2.50. The van der Waals surface area contributed by atoms with E-state index in [1.165, 1.54) is 4.31 Å². The van der Waals surface area contributed by atoms with Crippen LogP contribution in [-0.4, -0.2) is 67.4 Å². The Kier molecular flexibility index (Phi) is 6.66. The van der Waals surface area contributed by atoms with Gasteiger partial charge in [-0.25, -0.2) is 0 Å². The topological polar surface area (TPSA) is 111 Å². The molecule has 0 spiro atoms. The van der Waals surface area contributed by atoms with Gasteiger partial charge in [0.1, 0.15) is 0 Å². The summed E-state index contributed by atoms with van der Waals surface area (Å²) in [4.78, 5) is 2.04. The van der Waals surface area contributed by atoms with Gasteiger partial charge in [0.2, 0.25) is 0 Å². The van der Waals surface area contributed by atoms with Gasteiger partial charge in [0.15, 0.2) is 5.84 Å². The van der Waals surface area contributed by atoms with Crippen molar-refractivity contribution in [2.75, 3.05) is 32.7 Å².